The van der Waals surface area contributed by atoms with Crippen molar-refractivity contribution in [3.05, 3.63) is 0 Å². The van der Waals surface area contributed by atoms with Gasteiger partial charge in [-0.2, -0.15) is 8.42 Å². The standard InChI is InChI=1S/C3H7ClO4S/c4-1-3(2-5)9(6,7)8/h3,5H,1-2H2,(H,6,7,8). The number of rotatable bonds is 3. The van der Waals surface area contributed by atoms with Gasteiger partial charge >= 0.3 is 0 Å². The van der Waals surface area contributed by atoms with E-state index >= 15 is 0 Å². The zero-order valence-corrected chi connectivity index (χ0v) is 6.06. The molecule has 0 aromatic heterocycles. The van der Waals surface area contributed by atoms with Gasteiger partial charge in [-0.3, -0.25) is 4.55 Å². The van der Waals surface area contributed by atoms with E-state index < -0.39 is 22.0 Å². The van der Waals surface area contributed by atoms with E-state index in [1.165, 1.54) is 0 Å². The maximum absolute atomic E-state index is 10.1. The van der Waals surface area contributed by atoms with Gasteiger partial charge in [0.15, 0.2) is 0 Å². The normalized spacial score (nSPS) is 15.4. The largest absolute Gasteiger partial charge is 0.395 e. The molecule has 0 spiro atoms. The predicted molar refractivity (Wildman–Crippen MR) is 33.1 cm³/mol. The summed E-state index contributed by atoms with van der Waals surface area (Å²) in [5.74, 6) is -0.296. The van der Waals surface area contributed by atoms with Crippen LogP contribution in [0.5, 0.6) is 0 Å². The third kappa shape index (κ3) is 3.00. The molecule has 2 N–H and O–H groups in total. The molecule has 0 rings (SSSR count). The number of hydrogen-bond acceptors (Lipinski definition) is 3. The highest BCUT2D eigenvalue weighted by Crippen LogP contribution is 1.98. The van der Waals surface area contributed by atoms with Crippen molar-refractivity contribution in [3.63, 3.8) is 0 Å². The Balaban J connectivity index is 4.14. The zero-order chi connectivity index (χ0) is 7.49. The quantitative estimate of drug-likeness (QED) is 0.446. The van der Waals surface area contributed by atoms with Crippen molar-refractivity contribution in [2.75, 3.05) is 12.5 Å². The van der Waals surface area contributed by atoms with Gasteiger partial charge in [-0.15, -0.1) is 11.6 Å². The molecule has 1 atom stereocenters. The van der Waals surface area contributed by atoms with Gasteiger partial charge in [0.05, 0.1) is 6.61 Å². The van der Waals surface area contributed by atoms with E-state index in [2.05, 4.69) is 0 Å². The first-order chi connectivity index (χ1) is 4.02. The molecule has 0 heterocycles. The van der Waals surface area contributed by atoms with Gasteiger partial charge in [-0.05, 0) is 0 Å². The molecule has 0 aromatic rings. The van der Waals surface area contributed by atoms with E-state index in [1.807, 2.05) is 0 Å². The van der Waals surface area contributed by atoms with Crippen molar-refractivity contribution in [1.29, 1.82) is 0 Å². The van der Waals surface area contributed by atoms with E-state index in [0.29, 0.717) is 0 Å². The van der Waals surface area contributed by atoms with Gasteiger partial charge in [0.2, 0.25) is 0 Å². The van der Waals surface area contributed by atoms with Crippen molar-refractivity contribution in [3.8, 4) is 0 Å². The second-order valence-electron chi connectivity index (χ2n) is 1.47. The summed E-state index contributed by atoms with van der Waals surface area (Å²) >= 11 is 5.05. The maximum atomic E-state index is 10.1. The molecule has 0 aliphatic carbocycles. The van der Waals surface area contributed by atoms with Crippen molar-refractivity contribution < 1.29 is 18.1 Å². The first-order valence-electron chi connectivity index (χ1n) is 2.15. The minimum Gasteiger partial charge on any atom is -0.395 e. The second kappa shape index (κ2) is 3.36. The Morgan fingerprint density at radius 3 is 2.00 bits per heavy atom. The smallest absolute Gasteiger partial charge is 0.271 e. The minimum atomic E-state index is -4.15. The zero-order valence-electron chi connectivity index (χ0n) is 4.49. The minimum absolute atomic E-state index is 0.296. The van der Waals surface area contributed by atoms with Crippen LogP contribution in [-0.2, 0) is 10.1 Å². The lowest BCUT2D eigenvalue weighted by molar-refractivity contribution is 0.290. The molecule has 0 bridgehead atoms. The van der Waals surface area contributed by atoms with Crippen molar-refractivity contribution >= 4 is 21.7 Å². The Hall–Kier alpha value is 0.160. The molecule has 0 aromatic carbocycles. The lowest BCUT2D eigenvalue weighted by atomic mass is 10.5. The average Bonchev–Trinajstić information content (AvgIpc) is 1.65. The SMILES string of the molecule is O=S(=O)(O)C(CO)CCl. The summed E-state index contributed by atoms with van der Waals surface area (Å²) in [4.78, 5) is 0. The van der Waals surface area contributed by atoms with Crippen LogP contribution in [0.3, 0.4) is 0 Å². The van der Waals surface area contributed by atoms with Gasteiger partial charge in [0.1, 0.15) is 5.25 Å². The number of alkyl halides is 1. The molecular formula is C3H7ClO4S. The van der Waals surface area contributed by atoms with Crippen molar-refractivity contribution in [1.82, 2.24) is 0 Å². The molecule has 1 unspecified atom stereocenters. The lowest BCUT2D eigenvalue weighted by Gasteiger charge is -2.03. The van der Waals surface area contributed by atoms with Gasteiger partial charge in [-0.1, -0.05) is 0 Å². The fourth-order valence-corrected chi connectivity index (χ4v) is 1.15. The number of hydrogen-bond donors (Lipinski definition) is 2. The van der Waals surface area contributed by atoms with Crippen LogP contribution in [0.4, 0.5) is 0 Å². The van der Waals surface area contributed by atoms with E-state index in [4.69, 9.17) is 21.3 Å². The highest BCUT2D eigenvalue weighted by Gasteiger charge is 2.19. The van der Waals surface area contributed by atoms with E-state index in [1.54, 1.807) is 0 Å². The molecular weight excluding hydrogens is 168 g/mol. The Kier molecular flexibility index (Phi) is 3.42. The van der Waals surface area contributed by atoms with E-state index in [9.17, 15) is 8.42 Å². The Morgan fingerprint density at radius 2 is 2.00 bits per heavy atom. The summed E-state index contributed by atoms with van der Waals surface area (Å²) in [6.07, 6.45) is 0. The first-order valence-corrected chi connectivity index (χ1v) is 4.19. The lowest BCUT2D eigenvalue weighted by Crippen LogP contribution is -2.25. The van der Waals surface area contributed by atoms with Gasteiger partial charge in [-0.25, -0.2) is 0 Å². The summed E-state index contributed by atoms with van der Waals surface area (Å²) in [6.45, 7) is -0.650. The van der Waals surface area contributed by atoms with Crippen LogP contribution in [0.15, 0.2) is 0 Å². The predicted octanol–water partition coefficient (Wildman–Crippen LogP) is -0.526. The fourth-order valence-electron chi connectivity index (χ4n) is 0.223. The van der Waals surface area contributed by atoms with Crippen LogP contribution in [-0.4, -0.2) is 35.8 Å². The molecule has 6 heteroatoms. The Labute approximate surface area is 58.2 Å². The van der Waals surface area contributed by atoms with Crippen LogP contribution in [0.2, 0.25) is 0 Å². The van der Waals surface area contributed by atoms with Crippen LogP contribution in [0, 0.1) is 0 Å². The second-order valence-corrected chi connectivity index (χ2v) is 3.48. The highest BCUT2D eigenvalue weighted by atomic mass is 35.5. The molecule has 56 valence electrons. The molecule has 0 aliphatic rings. The maximum Gasteiger partial charge on any atom is 0.271 e. The van der Waals surface area contributed by atoms with Gasteiger partial charge < -0.3 is 5.11 Å². The molecule has 0 radical (unpaired) electrons. The molecule has 0 amide bonds. The van der Waals surface area contributed by atoms with Gasteiger partial charge in [0.25, 0.3) is 10.1 Å². The van der Waals surface area contributed by atoms with Crippen molar-refractivity contribution in [2.45, 2.75) is 5.25 Å². The molecule has 4 nitrogen and oxygen atoms in total. The molecule has 9 heavy (non-hydrogen) atoms. The van der Waals surface area contributed by atoms with Crippen LogP contribution in [0.1, 0.15) is 0 Å². The summed E-state index contributed by atoms with van der Waals surface area (Å²) in [5, 5.41) is 6.99. The van der Waals surface area contributed by atoms with Crippen molar-refractivity contribution in [2.24, 2.45) is 0 Å². The van der Waals surface area contributed by atoms with Crippen LogP contribution in [0.25, 0.3) is 0 Å². The third-order valence-electron chi connectivity index (χ3n) is 0.797. The first kappa shape index (κ1) is 9.16. The summed E-state index contributed by atoms with van der Waals surface area (Å²) in [5.41, 5.74) is 0. The van der Waals surface area contributed by atoms with E-state index in [0.717, 1.165) is 0 Å². The van der Waals surface area contributed by atoms with Crippen LogP contribution < -0.4 is 0 Å². The molecule has 0 aliphatic heterocycles. The average molecular weight is 175 g/mol. The monoisotopic (exact) mass is 174 g/mol. The van der Waals surface area contributed by atoms with E-state index in [-0.39, 0.29) is 5.88 Å². The fraction of sp³-hybridized carbons (Fsp3) is 1.00. The topological polar surface area (TPSA) is 74.6 Å². The van der Waals surface area contributed by atoms with Crippen LogP contribution >= 0.6 is 11.6 Å². The number of halogens is 1. The number of aliphatic hydroxyl groups is 1. The highest BCUT2D eigenvalue weighted by molar-refractivity contribution is 7.86. The Morgan fingerprint density at radius 1 is 1.56 bits per heavy atom. The third-order valence-corrected chi connectivity index (χ3v) is 2.51. The van der Waals surface area contributed by atoms with Gasteiger partial charge in [0, 0.05) is 5.88 Å². The molecule has 0 saturated heterocycles. The summed E-state index contributed by atoms with van der Waals surface area (Å²) in [6, 6.07) is 0. The summed E-state index contributed by atoms with van der Waals surface area (Å²) in [7, 11) is -4.15. The number of aliphatic hydroxyl groups excluding tert-OH is 1. The Bertz CT molecular complexity index is 159. The molecule has 0 fully saturated rings. The molecule has 0 saturated carbocycles. The summed E-state index contributed by atoms with van der Waals surface area (Å²) < 4.78 is 28.4.